The van der Waals surface area contributed by atoms with Gasteiger partial charge in [0.1, 0.15) is 12.3 Å². The molecule has 0 aliphatic carbocycles. The number of amides is 2. The Kier molecular flexibility index (Phi) is 13.3. The topological polar surface area (TPSA) is 187 Å². The Morgan fingerprint density at radius 3 is 2.02 bits per heavy atom. The average Bonchev–Trinajstić information content (AvgIpc) is 2.96. The van der Waals surface area contributed by atoms with Crippen molar-refractivity contribution in [3.05, 3.63) is 59.7 Å². The van der Waals surface area contributed by atoms with Crippen molar-refractivity contribution in [1.29, 1.82) is 0 Å². The molecule has 0 unspecified atom stereocenters. The summed E-state index contributed by atoms with van der Waals surface area (Å²) in [6, 6.07) is 8.67. The van der Waals surface area contributed by atoms with E-state index in [0.717, 1.165) is 5.56 Å². The minimum absolute atomic E-state index is 0.00302. The van der Waals surface area contributed by atoms with Gasteiger partial charge in [0.25, 0.3) is 10.0 Å². The summed E-state index contributed by atoms with van der Waals surface area (Å²) in [7, 11) is -4.41. The molecule has 0 spiro atoms. The number of Topliss-reactive ketones (excluding diaryl/α,β-unsaturated/α-hetero) is 1. The van der Waals surface area contributed by atoms with Crippen LogP contribution in [0.1, 0.15) is 61.4 Å². The van der Waals surface area contributed by atoms with Crippen molar-refractivity contribution in [1.82, 2.24) is 4.31 Å². The van der Waals surface area contributed by atoms with Crippen molar-refractivity contribution in [3.8, 4) is 0 Å². The van der Waals surface area contributed by atoms with Gasteiger partial charge in [-0.15, -0.1) is 0 Å². The number of hydrogen-bond acceptors (Lipinski definition) is 9. The highest BCUT2D eigenvalue weighted by molar-refractivity contribution is 7.89. The number of para-hydroxylation sites is 1. The first-order valence-corrected chi connectivity index (χ1v) is 15.1. The van der Waals surface area contributed by atoms with Crippen molar-refractivity contribution in [2.24, 2.45) is 17.2 Å². The molecular formula is C29H41N5O6S. The molecule has 2 amide bonds. The van der Waals surface area contributed by atoms with Gasteiger partial charge in [0.05, 0.1) is 22.7 Å². The van der Waals surface area contributed by atoms with Gasteiger partial charge in [0, 0.05) is 5.56 Å². The second-order valence-corrected chi connectivity index (χ2v) is 11.8. The number of hydrogen-bond donors (Lipinski definition) is 3. The minimum atomic E-state index is -4.41. The molecule has 11 nitrogen and oxygen atoms in total. The van der Waals surface area contributed by atoms with Crippen LogP contribution in [-0.4, -0.2) is 68.3 Å². The monoisotopic (exact) mass is 587 g/mol. The van der Waals surface area contributed by atoms with Crippen LogP contribution < -0.4 is 22.1 Å². The van der Waals surface area contributed by atoms with Gasteiger partial charge in [-0.2, -0.15) is 0 Å². The number of benzene rings is 2. The van der Waals surface area contributed by atoms with Crippen molar-refractivity contribution in [2.75, 3.05) is 18.0 Å². The molecule has 0 aromatic heterocycles. The van der Waals surface area contributed by atoms with Crippen LogP contribution in [0.25, 0.3) is 0 Å². The third kappa shape index (κ3) is 8.52. The van der Waals surface area contributed by atoms with E-state index in [4.69, 9.17) is 17.2 Å². The van der Waals surface area contributed by atoms with E-state index < -0.39 is 39.8 Å². The van der Waals surface area contributed by atoms with Crippen LogP contribution >= 0.6 is 0 Å². The van der Waals surface area contributed by atoms with Gasteiger partial charge in [-0.3, -0.25) is 14.4 Å². The zero-order chi connectivity index (χ0) is 30.6. The molecule has 12 heteroatoms. The highest BCUT2D eigenvalue weighted by atomic mass is 32.2. The van der Waals surface area contributed by atoms with E-state index in [1.165, 1.54) is 36.1 Å². The summed E-state index contributed by atoms with van der Waals surface area (Å²) in [6.45, 7) is 3.98. The Hall–Kier alpha value is -3.45. The smallest absolute Gasteiger partial charge is 0.266 e. The number of ketones is 1. The van der Waals surface area contributed by atoms with Gasteiger partial charge < -0.3 is 26.9 Å². The van der Waals surface area contributed by atoms with Gasteiger partial charge in [0.15, 0.2) is 5.78 Å². The maximum absolute atomic E-state index is 14.2. The van der Waals surface area contributed by atoms with E-state index in [0.29, 0.717) is 49.4 Å². The lowest BCUT2D eigenvalue weighted by Gasteiger charge is -2.33. The highest BCUT2D eigenvalue weighted by Gasteiger charge is 2.38. The van der Waals surface area contributed by atoms with E-state index in [1.54, 1.807) is 31.2 Å². The number of carbonyl (C=O) groups is 4. The molecule has 2 aromatic carbocycles. The molecule has 6 N–H and O–H groups in total. The number of rotatable bonds is 18. The Balaban J connectivity index is 2.67. The normalized spacial score (nSPS) is 13.6. The van der Waals surface area contributed by atoms with Crippen molar-refractivity contribution in [3.63, 3.8) is 0 Å². The molecule has 2 rings (SSSR count). The Morgan fingerprint density at radius 2 is 1.49 bits per heavy atom. The van der Waals surface area contributed by atoms with Crippen LogP contribution in [0.3, 0.4) is 0 Å². The lowest BCUT2D eigenvalue weighted by Crippen LogP contribution is -2.50. The fourth-order valence-corrected chi connectivity index (χ4v) is 5.87. The molecule has 0 aliphatic rings. The summed E-state index contributed by atoms with van der Waals surface area (Å²) in [5, 5.41) is 0. The van der Waals surface area contributed by atoms with Crippen molar-refractivity contribution in [2.45, 2.75) is 75.4 Å². The fraction of sp³-hybridized carbons (Fsp3) is 0.448. The molecule has 3 atom stereocenters. The standard InChI is InChI=1S/C29H41N5O6S/c1-21-13-15-24(16-14-21)41(39,40)33(20-36)27(12-6-8-18-31)28(37)25-10-3-4-11-26(25)34(29(38)22(2)32)23(19-35)9-5-7-17-30/h3-4,10-11,13-16,19-20,22-23,27H,5-9,12,17-18,30-32H2,1-2H3/t22-,23-,27+/m0/s1. The minimum Gasteiger partial charge on any atom is -0.330 e. The van der Waals surface area contributed by atoms with E-state index in [1.807, 2.05) is 0 Å². The molecule has 0 radical (unpaired) electrons. The SMILES string of the molecule is Cc1ccc(S(=O)(=O)N(C=O)[C@H](CCCCN)C(=O)c2ccccc2N(C(=O)[C@H](C)N)[C@H](C=O)CCCCN)cc1. The number of aldehydes is 1. The maximum atomic E-state index is 14.2. The first kappa shape index (κ1) is 33.8. The number of carbonyl (C=O) groups excluding carboxylic acids is 4. The van der Waals surface area contributed by atoms with Crippen molar-refractivity contribution < 1.29 is 27.6 Å². The molecule has 0 heterocycles. The summed E-state index contributed by atoms with van der Waals surface area (Å²) in [6.07, 6.45) is 3.07. The number of nitrogens with zero attached hydrogens (tertiary/aromatic N) is 2. The Morgan fingerprint density at radius 1 is 0.902 bits per heavy atom. The largest absolute Gasteiger partial charge is 0.330 e. The third-order valence-corrected chi connectivity index (χ3v) is 8.50. The quantitative estimate of drug-likeness (QED) is 0.133. The lowest BCUT2D eigenvalue weighted by atomic mass is 9.96. The zero-order valence-corrected chi connectivity index (χ0v) is 24.5. The lowest BCUT2D eigenvalue weighted by molar-refractivity contribution is -0.121. The van der Waals surface area contributed by atoms with Crippen LogP contribution in [-0.2, 0) is 24.4 Å². The van der Waals surface area contributed by atoms with Crippen LogP contribution in [0.5, 0.6) is 0 Å². The summed E-state index contributed by atoms with van der Waals surface area (Å²) in [5.74, 6) is -1.29. The van der Waals surface area contributed by atoms with Gasteiger partial charge >= 0.3 is 0 Å². The van der Waals surface area contributed by atoms with E-state index in [9.17, 15) is 27.6 Å². The predicted octanol–water partition coefficient (Wildman–Crippen LogP) is 1.90. The number of aryl methyl sites for hydroxylation is 1. The average molecular weight is 588 g/mol. The summed E-state index contributed by atoms with van der Waals surface area (Å²) in [5.41, 5.74) is 18.1. The van der Waals surface area contributed by atoms with Crippen molar-refractivity contribution >= 4 is 40.1 Å². The van der Waals surface area contributed by atoms with Crippen LogP contribution in [0.15, 0.2) is 53.4 Å². The Bertz CT molecular complexity index is 1280. The Labute approximate surface area is 242 Å². The maximum Gasteiger partial charge on any atom is 0.266 e. The first-order valence-electron chi connectivity index (χ1n) is 13.7. The first-order chi connectivity index (χ1) is 19.5. The molecule has 224 valence electrons. The third-order valence-electron chi connectivity index (χ3n) is 6.74. The van der Waals surface area contributed by atoms with Gasteiger partial charge in [-0.05, 0) is 89.7 Å². The summed E-state index contributed by atoms with van der Waals surface area (Å²) in [4.78, 5) is 53.1. The molecule has 0 fully saturated rings. The summed E-state index contributed by atoms with van der Waals surface area (Å²) < 4.78 is 27.7. The molecule has 0 bridgehead atoms. The molecule has 0 saturated carbocycles. The molecular weight excluding hydrogens is 546 g/mol. The number of unbranched alkanes of at least 4 members (excludes halogenated alkanes) is 2. The van der Waals surface area contributed by atoms with E-state index in [-0.39, 0.29) is 35.4 Å². The number of nitrogens with two attached hydrogens (primary N) is 3. The summed E-state index contributed by atoms with van der Waals surface area (Å²) >= 11 is 0. The second kappa shape index (κ2) is 16.1. The van der Waals surface area contributed by atoms with E-state index in [2.05, 4.69) is 0 Å². The van der Waals surface area contributed by atoms with Gasteiger partial charge in [-0.25, -0.2) is 12.7 Å². The van der Waals surface area contributed by atoms with Crippen LogP contribution in [0.2, 0.25) is 0 Å². The molecule has 0 aliphatic heterocycles. The fourth-order valence-electron chi connectivity index (χ4n) is 4.49. The number of anilines is 1. The van der Waals surface area contributed by atoms with Gasteiger partial charge in [0.2, 0.25) is 12.3 Å². The number of sulfonamides is 1. The van der Waals surface area contributed by atoms with E-state index >= 15 is 0 Å². The second-order valence-electron chi connectivity index (χ2n) is 9.92. The molecule has 41 heavy (non-hydrogen) atoms. The van der Waals surface area contributed by atoms with Crippen LogP contribution in [0, 0.1) is 6.92 Å². The highest BCUT2D eigenvalue weighted by Crippen LogP contribution is 2.29. The zero-order valence-electron chi connectivity index (χ0n) is 23.6. The van der Waals surface area contributed by atoms with Gasteiger partial charge in [-0.1, -0.05) is 29.8 Å². The van der Waals surface area contributed by atoms with Crippen LogP contribution in [0.4, 0.5) is 5.69 Å². The molecule has 2 aromatic rings. The molecule has 0 saturated heterocycles. The predicted molar refractivity (Wildman–Crippen MR) is 158 cm³/mol.